The van der Waals surface area contributed by atoms with Gasteiger partial charge in [0.2, 0.25) is 0 Å². The summed E-state index contributed by atoms with van der Waals surface area (Å²) in [5.74, 6) is 1.44. The van der Waals surface area contributed by atoms with Crippen LogP contribution in [0.15, 0.2) is 30.3 Å². The maximum absolute atomic E-state index is 14.1. The Morgan fingerprint density at radius 2 is 1.78 bits per heavy atom. The highest BCUT2D eigenvalue weighted by Gasteiger charge is 2.33. The fraction of sp³-hybridized carbons (Fsp3) is 0.188. The van der Waals surface area contributed by atoms with Crippen molar-refractivity contribution in [2.45, 2.75) is 12.6 Å². The predicted molar refractivity (Wildman–Crippen MR) is 85.5 cm³/mol. The number of nitrogens with zero attached hydrogens (tertiary/aromatic N) is 1. The normalized spacial score (nSPS) is 11.4. The zero-order chi connectivity index (χ0) is 20.4. The van der Waals surface area contributed by atoms with Crippen LogP contribution in [0.5, 0.6) is 11.5 Å². The molecule has 0 bridgehead atoms. The van der Waals surface area contributed by atoms with E-state index in [0.29, 0.717) is 11.1 Å². The van der Waals surface area contributed by atoms with Gasteiger partial charge in [0.1, 0.15) is 5.75 Å². The van der Waals surface area contributed by atoms with Gasteiger partial charge in [0, 0.05) is 6.54 Å². The lowest BCUT2D eigenvalue weighted by atomic mass is 10.1. The first-order chi connectivity index (χ1) is 12.5. The van der Waals surface area contributed by atoms with Crippen LogP contribution in [0.4, 0.5) is 26.7 Å². The Morgan fingerprint density at radius 3 is 2.30 bits per heavy atom. The van der Waals surface area contributed by atoms with Crippen LogP contribution < -0.4 is 10.6 Å². The molecule has 0 aliphatic heterocycles. The van der Waals surface area contributed by atoms with E-state index in [1.54, 1.807) is 0 Å². The highest BCUT2D eigenvalue weighted by atomic mass is 35.5. The third-order valence-corrected chi connectivity index (χ3v) is 3.74. The molecular formula is C16H12ClF5N2O3. The molecule has 0 heterocycles. The van der Waals surface area contributed by atoms with E-state index >= 15 is 0 Å². The van der Waals surface area contributed by atoms with Crippen molar-refractivity contribution >= 4 is 17.7 Å². The van der Waals surface area contributed by atoms with E-state index in [4.69, 9.17) is 27.3 Å². The SMILES string of the molecule is NN(CCc1cc(F)c(Oc2ccc(Cl)c(C(F)(F)F)c2)c(F)c1)C(=O)O. The van der Waals surface area contributed by atoms with Crippen molar-refractivity contribution in [2.24, 2.45) is 5.84 Å². The van der Waals surface area contributed by atoms with Crippen LogP contribution in [0.2, 0.25) is 5.02 Å². The summed E-state index contributed by atoms with van der Waals surface area (Å²) in [6, 6.07) is 4.19. The Bertz CT molecular complexity index is 837. The topological polar surface area (TPSA) is 75.8 Å². The van der Waals surface area contributed by atoms with Gasteiger partial charge < -0.3 is 9.84 Å². The first-order valence-electron chi connectivity index (χ1n) is 7.26. The third kappa shape index (κ3) is 5.20. The van der Waals surface area contributed by atoms with Crippen LogP contribution in [0.3, 0.4) is 0 Å². The average Bonchev–Trinajstić information content (AvgIpc) is 2.56. The smallest absolute Gasteiger partial charge is 0.421 e. The van der Waals surface area contributed by atoms with Gasteiger partial charge in [-0.05, 0) is 42.3 Å². The second kappa shape index (κ2) is 7.97. The number of alkyl halides is 3. The molecule has 0 aliphatic rings. The van der Waals surface area contributed by atoms with E-state index < -0.39 is 46.0 Å². The molecule has 0 radical (unpaired) electrons. The quantitative estimate of drug-likeness (QED) is 0.320. The van der Waals surface area contributed by atoms with E-state index in [0.717, 1.165) is 24.3 Å². The van der Waals surface area contributed by atoms with Crippen molar-refractivity contribution < 1.29 is 36.6 Å². The molecule has 2 aromatic rings. The molecule has 11 heteroatoms. The second-order valence-electron chi connectivity index (χ2n) is 5.36. The van der Waals surface area contributed by atoms with Crippen LogP contribution in [0.1, 0.15) is 11.1 Å². The lowest BCUT2D eigenvalue weighted by Gasteiger charge is -2.14. The molecule has 146 valence electrons. The number of hydrogen-bond acceptors (Lipinski definition) is 3. The molecule has 2 rings (SSSR count). The van der Waals surface area contributed by atoms with Crippen molar-refractivity contribution in [3.63, 3.8) is 0 Å². The zero-order valence-electron chi connectivity index (χ0n) is 13.4. The molecule has 3 N–H and O–H groups in total. The number of rotatable bonds is 5. The Balaban J connectivity index is 2.24. The van der Waals surface area contributed by atoms with Gasteiger partial charge in [0.05, 0.1) is 10.6 Å². The number of carbonyl (C=O) groups is 1. The lowest BCUT2D eigenvalue weighted by molar-refractivity contribution is -0.137. The molecule has 1 amide bonds. The summed E-state index contributed by atoms with van der Waals surface area (Å²) in [5.41, 5.74) is -1.13. The Labute approximate surface area is 154 Å². The average molecular weight is 411 g/mol. The molecular weight excluding hydrogens is 399 g/mol. The van der Waals surface area contributed by atoms with Gasteiger partial charge in [0.25, 0.3) is 0 Å². The molecule has 0 spiro atoms. The summed E-state index contributed by atoms with van der Waals surface area (Å²) in [6.07, 6.45) is -6.27. The predicted octanol–water partition coefficient (Wildman–Crippen LogP) is 4.83. The Morgan fingerprint density at radius 1 is 1.19 bits per heavy atom. The van der Waals surface area contributed by atoms with Crippen LogP contribution in [0.25, 0.3) is 0 Å². The Hall–Kier alpha value is -2.59. The molecule has 0 fully saturated rings. The van der Waals surface area contributed by atoms with Crippen molar-refractivity contribution in [1.29, 1.82) is 0 Å². The highest BCUT2D eigenvalue weighted by Crippen LogP contribution is 2.38. The Kier molecular flexibility index (Phi) is 6.11. The minimum atomic E-state index is -4.77. The second-order valence-corrected chi connectivity index (χ2v) is 5.76. The molecule has 0 aliphatic carbocycles. The summed E-state index contributed by atoms with van der Waals surface area (Å²) in [4.78, 5) is 10.6. The number of carboxylic acid groups (broad SMARTS) is 1. The maximum Gasteiger partial charge on any atom is 0.421 e. The summed E-state index contributed by atoms with van der Waals surface area (Å²) < 4.78 is 71.7. The van der Waals surface area contributed by atoms with Crippen molar-refractivity contribution in [1.82, 2.24) is 5.01 Å². The zero-order valence-corrected chi connectivity index (χ0v) is 14.1. The lowest BCUT2D eigenvalue weighted by Crippen LogP contribution is -2.37. The van der Waals surface area contributed by atoms with E-state index in [-0.39, 0.29) is 18.5 Å². The van der Waals surface area contributed by atoms with Crippen molar-refractivity contribution in [3.8, 4) is 11.5 Å². The fourth-order valence-corrected chi connectivity index (χ4v) is 2.33. The maximum atomic E-state index is 14.1. The van der Waals surface area contributed by atoms with Crippen molar-refractivity contribution in [2.75, 3.05) is 6.54 Å². The van der Waals surface area contributed by atoms with Gasteiger partial charge >= 0.3 is 12.3 Å². The summed E-state index contributed by atoms with van der Waals surface area (Å²) in [5, 5.41) is 8.47. The first-order valence-corrected chi connectivity index (χ1v) is 7.64. The fourth-order valence-electron chi connectivity index (χ4n) is 2.10. The van der Waals surface area contributed by atoms with Gasteiger partial charge in [-0.15, -0.1) is 0 Å². The number of benzene rings is 2. The number of halogens is 6. The number of hydrogen-bond donors (Lipinski definition) is 2. The number of ether oxygens (including phenoxy) is 1. The third-order valence-electron chi connectivity index (χ3n) is 3.41. The van der Waals surface area contributed by atoms with Gasteiger partial charge in [-0.25, -0.2) is 24.4 Å². The minimum absolute atomic E-state index is 0.0844. The number of amides is 1. The van der Waals surface area contributed by atoms with E-state index in [9.17, 15) is 26.7 Å². The van der Waals surface area contributed by atoms with Crippen molar-refractivity contribution in [3.05, 3.63) is 58.1 Å². The monoisotopic (exact) mass is 410 g/mol. The van der Waals surface area contributed by atoms with Gasteiger partial charge in [-0.3, -0.25) is 0 Å². The molecule has 0 saturated heterocycles. The molecule has 0 atom stereocenters. The summed E-state index contributed by atoms with van der Waals surface area (Å²) in [6.45, 7) is -0.222. The van der Waals surface area contributed by atoms with Gasteiger partial charge in [0.15, 0.2) is 17.4 Å². The summed E-state index contributed by atoms with van der Waals surface area (Å²) in [7, 11) is 0. The molecule has 27 heavy (non-hydrogen) atoms. The van der Waals surface area contributed by atoms with Crippen LogP contribution in [-0.4, -0.2) is 22.8 Å². The van der Waals surface area contributed by atoms with Gasteiger partial charge in [-0.2, -0.15) is 13.2 Å². The molecule has 5 nitrogen and oxygen atoms in total. The van der Waals surface area contributed by atoms with Gasteiger partial charge in [-0.1, -0.05) is 11.6 Å². The highest BCUT2D eigenvalue weighted by molar-refractivity contribution is 6.31. The first kappa shape index (κ1) is 20.7. The number of hydrazine groups is 1. The van der Waals surface area contributed by atoms with Crippen LogP contribution in [-0.2, 0) is 12.6 Å². The molecule has 2 aromatic carbocycles. The van der Waals surface area contributed by atoms with E-state index in [1.807, 2.05) is 0 Å². The molecule has 0 unspecified atom stereocenters. The van der Waals surface area contributed by atoms with Crippen LogP contribution in [0, 0.1) is 11.6 Å². The van der Waals surface area contributed by atoms with E-state index in [2.05, 4.69) is 0 Å². The molecule has 0 aromatic heterocycles. The largest absolute Gasteiger partial charge is 0.464 e. The minimum Gasteiger partial charge on any atom is -0.464 e. The summed E-state index contributed by atoms with van der Waals surface area (Å²) >= 11 is 5.47. The standard InChI is InChI=1S/C16H12ClF5N2O3/c17-11-2-1-9(7-10(11)16(20,21)22)27-14-12(18)5-8(6-13(14)19)3-4-24(23)15(25)26/h1-2,5-7H,3-4,23H2,(H,25,26). The number of nitrogens with two attached hydrogens (primary N) is 1. The van der Waals surface area contributed by atoms with E-state index in [1.165, 1.54) is 0 Å². The van der Waals surface area contributed by atoms with Crippen LogP contribution >= 0.6 is 11.6 Å². The molecule has 0 saturated carbocycles.